The van der Waals surface area contributed by atoms with Crippen LogP contribution in [0.1, 0.15) is 17.5 Å². The standard InChI is InChI=1S/C13H14O3/c1-16-12-5-4-10-3-2-9(7-13(14)15)6-11(10)8-12/h4-5,7-8H,2-3,6H2,1H3,(H,14,15)/b9-7-. The molecule has 0 fully saturated rings. The molecule has 0 aromatic heterocycles. The predicted octanol–water partition coefficient (Wildman–Crippen LogP) is 2.19. The molecule has 0 saturated carbocycles. The van der Waals surface area contributed by atoms with Crippen LogP contribution in [0.4, 0.5) is 0 Å². The zero-order chi connectivity index (χ0) is 11.5. The van der Waals surface area contributed by atoms with Gasteiger partial charge in [-0.25, -0.2) is 4.79 Å². The Morgan fingerprint density at radius 3 is 2.88 bits per heavy atom. The maximum absolute atomic E-state index is 10.6. The van der Waals surface area contributed by atoms with Gasteiger partial charge >= 0.3 is 5.97 Å². The Morgan fingerprint density at radius 2 is 2.19 bits per heavy atom. The number of fused-ring (bicyclic) bond motifs is 1. The summed E-state index contributed by atoms with van der Waals surface area (Å²) in [4.78, 5) is 10.6. The zero-order valence-electron chi connectivity index (χ0n) is 9.19. The first-order valence-corrected chi connectivity index (χ1v) is 5.27. The van der Waals surface area contributed by atoms with Crippen LogP contribution in [0.15, 0.2) is 29.8 Å². The van der Waals surface area contributed by atoms with E-state index in [4.69, 9.17) is 9.84 Å². The van der Waals surface area contributed by atoms with E-state index in [2.05, 4.69) is 6.07 Å². The fourth-order valence-corrected chi connectivity index (χ4v) is 2.06. The highest BCUT2D eigenvalue weighted by atomic mass is 16.5. The lowest BCUT2D eigenvalue weighted by Gasteiger charge is -2.18. The quantitative estimate of drug-likeness (QED) is 0.774. The average Bonchev–Trinajstić information content (AvgIpc) is 2.27. The Bertz CT molecular complexity index is 446. The summed E-state index contributed by atoms with van der Waals surface area (Å²) in [6.07, 6.45) is 3.80. The number of hydrogen-bond acceptors (Lipinski definition) is 2. The summed E-state index contributed by atoms with van der Waals surface area (Å²) in [7, 11) is 1.64. The minimum absolute atomic E-state index is 0.721. The number of aliphatic carboxylic acids is 1. The number of ether oxygens (including phenoxy) is 1. The van der Waals surface area contributed by atoms with Crippen molar-refractivity contribution in [3.05, 3.63) is 41.0 Å². The summed E-state index contributed by atoms with van der Waals surface area (Å²) in [5, 5.41) is 8.71. The van der Waals surface area contributed by atoms with Crippen molar-refractivity contribution in [1.29, 1.82) is 0 Å². The van der Waals surface area contributed by atoms with E-state index >= 15 is 0 Å². The molecule has 0 amide bonds. The lowest BCUT2D eigenvalue weighted by molar-refractivity contribution is -0.131. The molecule has 0 unspecified atom stereocenters. The van der Waals surface area contributed by atoms with Gasteiger partial charge in [-0.1, -0.05) is 11.6 Å². The smallest absolute Gasteiger partial charge is 0.328 e. The Balaban J connectivity index is 2.28. The summed E-state index contributed by atoms with van der Waals surface area (Å²) < 4.78 is 5.16. The van der Waals surface area contributed by atoms with E-state index in [1.165, 1.54) is 17.2 Å². The van der Waals surface area contributed by atoms with E-state index in [-0.39, 0.29) is 0 Å². The van der Waals surface area contributed by atoms with Crippen LogP contribution in [0.3, 0.4) is 0 Å². The van der Waals surface area contributed by atoms with Gasteiger partial charge in [-0.3, -0.25) is 0 Å². The molecule has 0 saturated heterocycles. The molecular weight excluding hydrogens is 204 g/mol. The van der Waals surface area contributed by atoms with Crippen LogP contribution in [-0.2, 0) is 17.6 Å². The Kier molecular flexibility index (Phi) is 2.95. The molecule has 0 bridgehead atoms. The average molecular weight is 218 g/mol. The number of allylic oxidation sites excluding steroid dienone is 1. The monoisotopic (exact) mass is 218 g/mol. The van der Waals surface area contributed by atoms with Gasteiger partial charge in [0.25, 0.3) is 0 Å². The number of hydrogen-bond donors (Lipinski definition) is 1. The van der Waals surface area contributed by atoms with E-state index in [1.54, 1.807) is 7.11 Å². The number of aryl methyl sites for hydroxylation is 1. The molecule has 3 heteroatoms. The lowest BCUT2D eigenvalue weighted by atomic mass is 9.88. The van der Waals surface area contributed by atoms with Gasteiger partial charge in [0.05, 0.1) is 7.11 Å². The van der Waals surface area contributed by atoms with Crippen molar-refractivity contribution in [3.8, 4) is 5.75 Å². The second-order valence-electron chi connectivity index (χ2n) is 3.95. The van der Waals surface area contributed by atoms with Gasteiger partial charge < -0.3 is 9.84 Å². The lowest BCUT2D eigenvalue weighted by Crippen LogP contribution is -2.07. The SMILES string of the molecule is COc1ccc2c(c1)C/C(=C\C(=O)O)CC2. The van der Waals surface area contributed by atoms with Crippen molar-refractivity contribution in [2.24, 2.45) is 0 Å². The van der Waals surface area contributed by atoms with Gasteiger partial charge in [0.1, 0.15) is 5.75 Å². The minimum Gasteiger partial charge on any atom is -0.497 e. The second kappa shape index (κ2) is 4.39. The summed E-state index contributed by atoms with van der Waals surface area (Å²) >= 11 is 0. The van der Waals surface area contributed by atoms with Crippen molar-refractivity contribution in [2.45, 2.75) is 19.3 Å². The molecule has 1 aliphatic carbocycles. The normalized spacial score (nSPS) is 16.9. The van der Waals surface area contributed by atoms with Gasteiger partial charge in [0.2, 0.25) is 0 Å². The third-order valence-corrected chi connectivity index (χ3v) is 2.87. The Morgan fingerprint density at radius 1 is 1.38 bits per heavy atom. The highest BCUT2D eigenvalue weighted by Crippen LogP contribution is 2.28. The summed E-state index contributed by atoms with van der Waals surface area (Å²) in [6, 6.07) is 6.00. The van der Waals surface area contributed by atoms with Crippen molar-refractivity contribution in [1.82, 2.24) is 0 Å². The molecule has 1 aromatic carbocycles. The summed E-state index contributed by atoms with van der Waals surface area (Å²) in [5.74, 6) is -0.0309. The highest BCUT2D eigenvalue weighted by molar-refractivity contribution is 5.80. The largest absolute Gasteiger partial charge is 0.497 e. The van der Waals surface area contributed by atoms with Crippen LogP contribution in [-0.4, -0.2) is 18.2 Å². The molecule has 3 nitrogen and oxygen atoms in total. The Hall–Kier alpha value is -1.77. The van der Waals surface area contributed by atoms with E-state index in [0.29, 0.717) is 0 Å². The fourth-order valence-electron chi connectivity index (χ4n) is 2.06. The van der Waals surface area contributed by atoms with Crippen molar-refractivity contribution in [2.75, 3.05) is 7.11 Å². The van der Waals surface area contributed by atoms with Crippen LogP contribution in [0.5, 0.6) is 5.75 Å². The highest BCUT2D eigenvalue weighted by Gasteiger charge is 2.14. The van der Waals surface area contributed by atoms with Crippen LogP contribution in [0, 0.1) is 0 Å². The van der Waals surface area contributed by atoms with Crippen molar-refractivity contribution < 1.29 is 14.6 Å². The molecule has 0 heterocycles. The number of carbonyl (C=O) groups is 1. The van der Waals surface area contributed by atoms with Gasteiger partial charge in [-0.05, 0) is 42.5 Å². The molecular formula is C13H14O3. The van der Waals surface area contributed by atoms with E-state index in [1.807, 2.05) is 12.1 Å². The molecule has 1 aromatic rings. The molecule has 0 aliphatic heterocycles. The number of benzene rings is 1. The maximum atomic E-state index is 10.6. The van der Waals surface area contributed by atoms with Crippen molar-refractivity contribution in [3.63, 3.8) is 0 Å². The molecule has 1 aliphatic rings. The molecule has 0 atom stereocenters. The van der Waals surface area contributed by atoms with Crippen LogP contribution >= 0.6 is 0 Å². The predicted molar refractivity (Wildman–Crippen MR) is 60.7 cm³/mol. The molecule has 0 spiro atoms. The fraction of sp³-hybridized carbons (Fsp3) is 0.308. The first kappa shape index (κ1) is 10.7. The maximum Gasteiger partial charge on any atom is 0.328 e. The third-order valence-electron chi connectivity index (χ3n) is 2.87. The van der Waals surface area contributed by atoms with Gasteiger partial charge in [-0.2, -0.15) is 0 Å². The first-order valence-electron chi connectivity index (χ1n) is 5.27. The third kappa shape index (κ3) is 2.24. The molecule has 0 radical (unpaired) electrons. The molecule has 2 rings (SSSR count). The van der Waals surface area contributed by atoms with E-state index in [9.17, 15) is 4.79 Å². The first-order chi connectivity index (χ1) is 7.69. The molecule has 84 valence electrons. The number of carboxylic acids is 1. The van der Waals surface area contributed by atoms with Gasteiger partial charge in [0.15, 0.2) is 0 Å². The molecule has 1 N–H and O–H groups in total. The summed E-state index contributed by atoms with van der Waals surface area (Å²) in [6.45, 7) is 0. The Labute approximate surface area is 94.4 Å². The van der Waals surface area contributed by atoms with Gasteiger partial charge in [-0.15, -0.1) is 0 Å². The van der Waals surface area contributed by atoms with Gasteiger partial charge in [0, 0.05) is 6.08 Å². The van der Waals surface area contributed by atoms with E-state index in [0.717, 1.165) is 30.6 Å². The van der Waals surface area contributed by atoms with Crippen molar-refractivity contribution >= 4 is 5.97 Å². The van der Waals surface area contributed by atoms with Crippen LogP contribution < -0.4 is 4.74 Å². The topological polar surface area (TPSA) is 46.5 Å². The number of carboxylic acid groups (broad SMARTS) is 1. The number of methoxy groups -OCH3 is 1. The molecule has 16 heavy (non-hydrogen) atoms. The minimum atomic E-state index is -0.860. The zero-order valence-corrected chi connectivity index (χ0v) is 9.19. The number of rotatable bonds is 2. The summed E-state index contributed by atoms with van der Waals surface area (Å²) in [5.41, 5.74) is 3.45. The van der Waals surface area contributed by atoms with Crippen LogP contribution in [0.25, 0.3) is 0 Å². The second-order valence-corrected chi connectivity index (χ2v) is 3.95. The van der Waals surface area contributed by atoms with E-state index < -0.39 is 5.97 Å². The van der Waals surface area contributed by atoms with Crippen LogP contribution in [0.2, 0.25) is 0 Å².